The van der Waals surface area contributed by atoms with Crippen molar-refractivity contribution >= 4 is 11.6 Å². The molecule has 0 aliphatic heterocycles. The molecule has 4 aromatic rings. The molecule has 0 aliphatic rings. The number of hydrogen-bond donors (Lipinski definition) is 0. The Bertz CT molecular complexity index is 1150. The van der Waals surface area contributed by atoms with E-state index in [2.05, 4.69) is 10.1 Å². The van der Waals surface area contributed by atoms with Crippen LogP contribution in [0.5, 0.6) is 0 Å². The Kier molecular flexibility index (Phi) is 4.96. The fourth-order valence-corrected chi connectivity index (χ4v) is 3.43. The lowest BCUT2D eigenvalue weighted by Crippen LogP contribution is -2.27. The minimum atomic E-state index is -0.110. The van der Waals surface area contributed by atoms with Crippen LogP contribution in [0.4, 0.5) is 5.69 Å². The summed E-state index contributed by atoms with van der Waals surface area (Å²) in [6.07, 6.45) is 1.61. The summed E-state index contributed by atoms with van der Waals surface area (Å²) in [7, 11) is 1.79. The Hall–Kier alpha value is -3.73. The first-order valence-electron chi connectivity index (χ1n) is 9.47. The van der Waals surface area contributed by atoms with E-state index in [9.17, 15) is 4.79 Å². The van der Waals surface area contributed by atoms with Gasteiger partial charge in [0.2, 0.25) is 0 Å². The van der Waals surface area contributed by atoms with Gasteiger partial charge in [-0.05, 0) is 43.7 Å². The van der Waals surface area contributed by atoms with Crippen LogP contribution in [0.1, 0.15) is 21.7 Å². The van der Waals surface area contributed by atoms with Crippen molar-refractivity contribution < 1.29 is 4.79 Å². The zero-order valence-corrected chi connectivity index (χ0v) is 16.7. The molecule has 0 spiro atoms. The monoisotopic (exact) mass is 382 g/mol. The fourth-order valence-electron chi connectivity index (χ4n) is 3.43. The molecule has 0 bridgehead atoms. The van der Waals surface area contributed by atoms with E-state index in [4.69, 9.17) is 0 Å². The van der Waals surface area contributed by atoms with E-state index < -0.39 is 0 Å². The van der Waals surface area contributed by atoms with E-state index in [1.165, 1.54) is 0 Å². The van der Waals surface area contributed by atoms with E-state index in [0.717, 1.165) is 28.2 Å². The molecule has 2 aromatic heterocycles. The van der Waals surface area contributed by atoms with Crippen LogP contribution in [-0.4, -0.2) is 27.7 Å². The normalized spacial score (nSPS) is 10.7. The lowest BCUT2D eigenvalue weighted by molar-refractivity contribution is 0.0992. The number of carbonyl (C=O) groups is 1. The van der Waals surface area contributed by atoms with Crippen LogP contribution in [0, 0.1) is 13.8 Å². The second-order valence-electron chi connectivity index (χ2n) is 6.99. The molecule has 2 heterocycles. The molecule has 0 N–H and O–H groups in total. The molecule has 5 heteroatoms. The highest BCUT2D eigenvalue weighted by Gasteiger charge is 2.17. The van der Waals surface area contributed by atoms with E-state index in [1.807, 2.05) is 80.6 Å². The molecule has 29 heavy (non-hydrogen) atoms. The van der Waals surface area contributed by atoms with E-state index >= 15 is 0 Å². The fraction of sp³-hybridized carbons (Fsp3) is 0.125. The highest BCUT2D eigenvalue weighted by Crippen LogP contribution is 2.30. The number of pyridine rings is 1. The largest absolute Gasteiger partial charge is 0.311 e. The topological polar surface area (TPSA) is 51.0 Å². The molecule has 4 rings (SSSR count). The average Bonchev–Trinajstić information content (AvgIpc) is 3.11. The number of hydrogen-bond acceptors (Lipinski definition) is 3. The molecule has 0 atom stereocenters. The summed E-state index contributed by atoms with van der Waals surface area (Å²) in [6.45, 7) is 3.93. The lowest BCUT2D eigenvalue weighted by Gasteiger charge is -2.21. The van der Waals surface area contributed by atoms with Crippen LogP contribution in [0.3, 0.4) is 0 Å². The van der Waals surface area contributed by atoms with E-state index in [1.54, 1.807) is 28.9 Å². The van der Waals surface area contributed by atoms with Crippen molar-refractivity contribution in [2.45, 2.75) is 13.8 Å². The number of aromatic nitrogens is 3. The maximum atomic E-state index is 13.1. The predicted molar refractivity (Wildman–Crippen MR) is 115 cm³/mol. The molecule has 0 radical (unpaired) electrons. The zero-order valence-electron chi connectivity index (χ0n) is 16.7. The molecule has 0 saturated heterocycles. The summed E-state index contributed by atoms with van der Waals surface area (Å²) in [4.78, 5) is 19.2. The van der Waals surface area contributed by atoms with Crippen molar-refractivity contribution in [2.75, 3.05) is 11.9 Å². The first-order valence-corrected chi connectivity index (χ1v) is 9.47. The molecular formula is C24H22N4O. The SMILES string of the molecule is Cc1cc(C)n(-c2ccc(C(=O)N(C)c3ccccc3-c3ccccc3)cn2)n1. The summed E-state index contributed by atoms with van der Waals surface area (Å²) in [5.41, 5.74) is 5.40. The highest BCUT2D eigenvalue weighted by atomic mass is 16.2. The highest BCUT2D eigenvalue weighted by molar-refractivity contribution is 6.07. The lowest BCUT2D eigenvalue weighted by atomic mass is 10.0. The van der Waals surface area contributed by atoms with Crippen LogP contribution in [0.15, 0.2) is 79.0 Å². The number of aryl methyl sites for hydroxylation is 2. The number of amides is 1. The van der Waals surface area contributed by atoms with Crippen LogP contribution in [0.25, 0.3) is 16.9 Å². The molecule has 0 aliphatic carbocycles. The van der Waals surface area contributed by atoms with Gasteiger partial charge in [0.25, 0.3) is 5.91 Å². The number of anilines is 1. The second-order valence-corrected chi connectivity index (χ2v) is 6.99. The Labute approximate surface area is 170 Å². The molecule has 0 fully saturated rings. The predicted octanol–water partition coefficient (Wildman–Crippen LogP) is 4.83. The van der Waals surface area contributed by atoms with Crippen molar-refractivity contribution in [2.24, 2.45) is 0 Å². The summed E-state index contributed by atoms with van der Waals surface area (Å²) in [6, 6.07) is 23.6. The first kappa shape index (κ1) is 18.6. The molecule has 5 nitrogen and oxygen atoms in total. The maximum absolute atomic E-state index is 13.1. The van der Waals surface area contributed by atoms with Crippen molar-refractivity contribution in [3.8, 4) is 16.9 Å². The van der Waals surface area contributed by atoms with Crippen LogP contribution in [-0.2, 0) is 0 Å². The Morgan fingerprint density at radius 2 is 1.66 bits per heavy atom. The third kappa shape index (κ3) is 3.67. The first-order chi connectivity index (χ1) is 14.0. The van der Waals surface area contributed by atoms with Crippen molar-refractivity contribution in [1.82, 2.24) is 14.8 Å². The van der Waals surface area contributed by atoms with Gasteiger partial charge in [-0.1, -0.05) is 48.5 Å². The van der Waals surface area contributed by atoms with Gasteiger partial charge in [-0.3, -0.25) is 4.79 Å². The number of benzene rings is 2. The van der Waals surface area contributed by atoms with Gasteiger partial charge in [-0.15, -0.1) is 0 Å². The van der Waals surface area contributed by atoms with E-state index in [0.29, 0.717) is 11.4 Å². The van der Waals surface area contributed by atoms with Gasteiger partial charge in [-0.2, -0.15) is 5.10 Å². The third-order valence-corrected chi connectivity index (χ3v) is 4.88. The average molecular weight is 382 g/mol. The standard InChI is InChI=1S/C24H22N4O/c1-17-15-18(2)28(26-17)23-14-13-20(16-25-23)24(29)27(3)22-12-8-7-11-21(22)19-9-5-4-6-10-19/h4-16H,1-3H3. The van der Waals surface area contributed by atoms with Crippen molar-refractivity contribution in [1.29, 1.82) is 0 Å². The summed E-state index contributed by atoms with van der Waals surface area (Å²) in [5.74, 6) is 0.584. The van der Waals surface area contributed by atoms with Gasteiger partial charge in [0.15, 0.2) is 5.82 Å². The Balaban J connectivity index is 1.63. The molecule has 1 amide bonds. The second kappa shape index (κ2) is 7.72. The van der Waals surface area contributed by atoms with Crippen LogP contribution < -0.4 is 4.90 Å². The smallest absolute Gasteiger partial charge is 0.259 e. The number of para-hydroxylation sites is 1. The van der Waals surface area contributed by atoms with Gasteiger partial charge >= 0.3 is 0 Å². The van der Waals surface area contributed by atoms with Crippen LogP contribution in [0.2, 0.25) is 0 Å². The quantitative estimate of drug-likeness (QED) is 0.508. The number of nitrogens with zero attached hydrogens (tertiary/aromatic N) is 4. The van der Waals surface area contributed by atoms with Gasteiger partial charge in [0.1, 0.15) is 0 Å². The number of carbonyl (C=O) groups excluding carboxylic acids is 1. The third-order valence-electron chi connectivity index (χ3n) is 4.88. The van der Waals surface area contributed by atoms with Gasteiger partial charge in [0, 0.05) is 24.5 Å². The molecule has 2 aromatic carbocycles. The zero-order chi connectivity index (χ0) is 20.4. The minimum Gasteiger partial charge on any atom is -0.311 e. The van der Waals surface area contributed by atoms with Crippen molar-refractivity contribution in [3.63, 3.8) is 0 Å². The summed E-state index contributed by atoms with van der Waals surface area (Å²) in [5, 5.41) is 4.44. The maximum Gasteiger partial charge on any atom is 0.259 e. The Morgan fingerprint density at radius 3 is 2.31 bits per heavy atom. The van der Waals surface area contributed by atoms with Gasteiger partial charge < -0.3 is 4.90 Å². The molecular weight excluding hydrogens is 360 g/mol. The minimum absolute atomic E-state index is 0.110. The molecule has 144 valence electrons. The van der Waals surface area contributed by atoms with Crippen LogP contribution >= 0.6 is 0 Å². The number of rotatable bonds is 4. The Morgan fingerprint density at radius 1 is 0.931 bits per heavy atom. The molecule has 0 saturated carbocycles. The van der Waals surface area contributed by atoms with E-state index in [-0.39, 0.29) is 5.91 Å². The molecule has 0 unspecified atom stereocenters. The summed E-state index contributed by atoms with van der Waals surface area (Å²) < 4.78 is 1.78. The van der Waals surface area contributed by atoms with Gasteiger partial charge in [-0.25, -0.2) is 9.67 Å². The van der Waals surface area contributed by atoms with Crippen molar-refractivity contribution in [3.05, 3.63) is 95.9 Å². The van der Waals surface area contributed by atoms with Gasteiger partial charge in [0.05, 0.1) is 16.9 Å². The summed E-state index contributed by atoms with van der Waals surface area (Å²) >= 11 is 0.